The lowest BCUT2D eigenvalue weighted by Crippen LogP contribution is -2.29. The third-order valence-corrected chi connectivity index (χ3v) is 6.95. The molecule has 6 heteroatoms. The lowest BCUT2D eigenvalue weighted by molar-refractivity contribution is 0.577. The number of anilines is 1. The minimum absolute atomic E-state index is 0. The number of hydrogen-bond donors (Lipinski definition) is 1. The highest BCUT2D eigenvalue weighted by Crippen LogP contribution is 2.36. The summed E-state index contributed by atoms with van der Waals surface area (Å²) in [6.45, 7) is 4.41. The first-order valence-electron chi connectivity index (χ1n) is 9.65. The second-order valence-corrected chi connectivity index (χ2v) is 8.50. The molecule has 4 rings (SSSR count). The van der Waals surface area contributed by atoms with E-state index in [2.05, 4.69) is 34.5 Å². The molecule has 0 unspecified atom stereocenters. The topological polar surface area (TPSA) is 28.2 Å². The molecule has 1 aromatic carbocycles. The van der Waals surface area contributed by atoms with Gasteiger partial charge in [0, 0.05) is 23.7 Å². The normalized spacial score (nSPS) is 17.0. The van der Waals surface area contributed by atoms with Crippen molar-refractivity contribution in [1.29, 1.82) is 0 Å². The maximum atomic E-state index is 6.54. The van der Waals surface area contributed by atoms with Crippen LogP contribution >= 0.6 is 35.8 Å². The van der Waals surface area contributed by atoms with E-state index in [-0.39, 0.29) is 12.4 Å². The molecule has 0 aliphatic carbocycles. The minimum atomic E-state index is 0. The van der Waals surface area contributed by atoms with E-state index >= 15 is 0 Å². The summed E-state index contributed by atoms with van der Waals surface area (Å²) in [5.41, 5.74) is 5.25. The highest BCUT2D eigenvalue weighted by atomic mass is 35.5. The summed E-state index contributed by atoms with van der Waals surface area (Å²) in [7, 11) is 0. The molecular weight excluding hydrogens is 397 g/mol. The Morgan fingerprint density at radius 1 is 1.04 bits per heavy atom. The average Bonchev–Trinajstić information content (AvgIpc) is 2.94. The van der Waals surface area contributed by atoms with E-state index in [0.29, 0.717) is 0 Å². The quantitative estimate of drug-likeness (QED) is 0.689. The van der Waals surface area contributed by atoms with Crippen molar-refractivity contribution >= 4 is 41.5 Å². The van der Waals surface area contributed by atoms with Crippen molar-refractivity contribution in [3.63, 3.8) is 0 Å². The predicted octanol–water partition coefficient (Wildman–Crippen LogP) is 5.13. The predicted molar refractivity (Wildman–Crippen MR) is 119 cm³/mol. The van der Waals surface area contributed by atoms with E-state index in [4.69, 9.17) is 16.6 Å². The number of aromatic nitrogens is 1. The van der Waals surface area contributed by atoms with Gasteiger partial charge < -0.3 is 10.2 Å². The van der Waals surface area contributed by atoms with Crippen LogP contribution in [-0.2, 0) is 18.6 Å². The number of thioether (sulfide) groups is 1. The number of fused-ring (bicyclic) bond motifs is 1. The number of rotatable bonds is 4. The van der Waals surface area contributed by atoms with Crippen LogP contribution in [0.1, 0.15) is 36.1 Å². The van der Waals surface area contributed by atoms with Crippen molar-refractivity contribution in [3.05, 3.63) is 52.3 Å². The average molecular weight is 424 g/mol. The van der Waals surface area contributed by atoms with Gasteiger partial charge in [0.25, 0.3) is 0 Å². The number of nitrogens with zero attached hydrogens (tertiary/aromatic N) is 2. The lowest BCUT2D eigenvalue weighted by atomic mass is 10.0. The molecule has 27 heavy (non-hydrogen) atoms. The standard InChI is InChI=1S/C21H26ClN3S.ClH/c22-20-7-4-16-8-10-23-11-9-19(16)21(20)26-15-17-5-6-18(14-24-17)25-12-2-1-3-13-25;/h4-7,14,23H,1-3,8-13,15H2;1H. The molecule has 146 valence electrons. The maximum absolute atomic E-state index is 6.54. The van der Waals surface area contributed by atoms with Crippen molar-refractivity contribution < 1.29 is 0 Å². The monoisotopic (exact) mass is 423 g/mol. The summed E-state index contributed by atoms with van der Waals surface area (Å²) in [6.07, 6.45) is 8.13. The van der Waals surface area contributed by atoms with Crippen molar-refractivity contribution in [3.8, 4) is 0 Å². The third kappa shape index (κ3) is 5.11. The third-order valence-electron chi connectivity index (χ3n) is 5.33. The fourth-order valence-corrected chi connectivity index (χ4v) is 5.27. The van der Waals surface area contributed by atoms with E-state index in [1.807, 2.05) is 18.0 Å². The van der Waals surface area contributed by atoms with Crippen LogP contribution in [0.2, 0.25) is 5.02 Å². The Balaban J connectivity index is 0.00000210. The highest BCUT2D eigenvalue weighted by Gasteiger charge is 2.16. The first-order valence-corrected chi connectivity index (χ1v) is 11.0. The van der Waals surface area contributed by atoms with Gasteiger partial charge in [0.15, 0.2) is 0 Å². The Labute approximate surface area is 177 Å². The van der Waals surface area contributed by atoms with E-state index in [1.165, 1.54) is 41.0 Å². The zero-order chi connectivity index (χ0) is 17.8. The minimum Gasteiger partial charge on any atom is -0.370 e. The molecule has 2 aliphatic heterocycles. The maximum Gasteiger partial charge on any atom is 0.0552 e. The second kappa shape index (κ2) is 10.0. The SMILES string of the molecule is Cl.Clc1ccc2c(c1SCc1ccc(N3CCCCC3)cn1)CCNCC2. The van der Waals surface area contributed by atoms with Gasteiger partial charge in [-0.3, -0.25) is 4.98 Å². The van der Waals surface area contributed by atoms with Crippen molar-refractivity contribution in [2.45, 2.75) is 42.8 Å². The van der Waals surface area contributed by atoms with Crippen LogP contribution in [0.5, 0.6) is 0 Å². The lowest BCUT2D eigenvalue weighted by Gasteiger charge is -2.28. The molecule has 0 bridgehead atoms. The smallest absolute Gasteiger partial charge is 0.0552 e. The summed E-state index contributed by atoms with van der Waals surface area (Å²) < 4.78 is 0. The number of halogens is 2. The van der Waals surface area contributed by atoms with Crippen LogP contribution in [-0.4, -0.2) is 31.2 Å². The molecule has 2 aliphatic rings. The Morgan fingerprint density at radius 3 is 2.63 bits per heavy atom. The first-order chi connectivity index (χ1) is 12.8. The fourth-order valence-electron chi connectivity index (χ4n) is 3.85. The summed E-state index contributed by atoms with van der Waals surface area (Å²) in [6, 6.07) is 8.65. The van der Waals surface area contributed by atoms with Gasteiger partial charge in [-0.25, -0.2) is 0 Å². The van der Waals surface area contributed by atoms with Crippen molar-refractivity contribution in [2.24, 2.45) is 0 Å². The molecule has 1 aromatic heterocycles. The molecule has 0 saturated carbocycles. The van der Waals surface area contributed by atoms with Crippen LogP contribution in [0.4, 0.5) is 5.69 Å². The van der Waals surface area contributed by atoms with Gasteiger partial charge >= 0.3 is 0 Å². The number of benzene rings is 1. The summed E-state index contributed by atoms with van der Waals surface area (Å²) in [4.78, 5) is 8.41. The molecule has 0 atom stereocenters. The van der Waals surface area contributed by atoms with Gasteiger partial charge in [-0.1, -0.05) is 17.7 Å². The van der Waals surface area contributed by atoms with E-state index in [9.17, 15) is 0 Å². The first kappa shape index (κ1) is 20.8. The van der Waals surface area contributed by atoms with E-state index in [1.54, 1.807) is 0 Å². The molecule has 3 nitrogen and oxygen atoms in total. The van der Waals surface area contributed by atoms with Crippen LogP contribution in [0.3, 0.4) is 0 Å². The number of pyridine rings is 1. The second-order valence-electron chi connectivity index (χ2n) is 7.11. The Morgan fingerprint density at radius 2 is 1.85 bits per heavy atom. The highest BCUT2D eigenvalue weighted by molar-refractivity contribution is 7.98. The fraction of sp³-hybridized carbons (Fsp3) is 0.476. The Kier molecular flexibility index (Phi) is 7.71. The van der Waals surface area contributed by atoms with Gasteiger partial charge in [0.2, 0.25) is 0 Å². The van der Waals surface area contributed by atoms with E-state index < -0.39 is 0 Å². The van der Waals surface area contributed by atoms with Gasteiger partial charge in [0.1, 0.15) is 0 Å². The van der Waals surface area contributed by atoms with Crippen LogP contribution in [0.25, 0.3) is 0 Å². The molecule has 1 N–H and O–H groups in total. The van der Waals surface area contributed by atoms with Gasteiger partial charge in [-0.15, -0.1) is 24.2 Å². The number of piperidine rings is 1. The molecule has 0 spiro atoms. The van der Waals surface area contributed by atoms with Crippen LogP contribution in [0, 0.1) is 0 Å². The van der Waals surface area contributed by atoms with Crippen LogP contribution < -0.4 is 10.2 Å². The number of hydrogen-bond acceptors (Lipinski definition) is 4. The van der Waals surface area contributed by atoms with Crippen LogP contribution in [0.15, 0.2) is 35.4 Å². The molecular formula is C21H27Cl2N3S. The molecule has 1 saturated heterocycles. The number of nitrogens with one attached hydrogen (secondary N) is 1. The van der Waals surface area contributed by atoms with Gasteiger partial charge in [0.05, 0.1) is 22.6 Å². The Bertz CT molecular complexity index is 746. The zero-order valence-electron chi connectivity index (χ0n) is 15.5. The van der Waals surface area contributed by atoms with Crippen molar-refractivity contribution in [2.75, 3.05) is 31.1 Å². The summed E-state index contributed by atoms with van der Waals surface area (Å²) >= 11 is 8.37. The van der Waals surface area contributed by atoms with E-state index in [0.717, 1.165) is 55.5 Å². The largest absolute Gasteiger partial charge is 0.370 e. The summed E-state index contributed by atoms with van der Waals surface area (Å²) in [5, 5.41) is 4.36. The molecule has 2 aromatic rings. The zero-order valence-corrected chi connectivity index (χ0v) is 17.9. The molecule has 3 heterocycles. The Hall–Kier alpha value is -0.940. The van der Waals surface area contributed by atoms with Gasteiger partial charge in [-0.05, 0) is 74.5 Å². The summed E-state index contributed by atoms with van der Waals surface area (Å²) in [5.74, 6) is 0.865. The molecule has 0 radical (unpaired) electrons. The molecule has 1 fully saturated rings. The molecule has 0 amide bonds. The van der Waals surface area contributed by atoms with Crippen molar-refractivity contribution in [1.82, 2.24) is 10.3 Å². The van der Waals surface area contributed by atoms with Gasteiger partial charge in [-0.2, -0.15) is 0 Å².